The largest absolute Gasteiger partial charge is 0.462 e. The Morgan fingerprint density at radius 2 is 0.672 bits per heavy atom. The maximum absolute atomic E-state index is 12.7. The normalized spacial score (nSPS) is 12.1. The van der Waals surface area contributed by atoms with E-state index in [0.717, 1.165) is 32.1 Å². The van der Waals surface area contributed by atoms with Crippen LogP contribution in [0, 0.1) is 0 Å². The van der Waals surface area contributed by atoms with E-state index in [2.05, 4.69) is 32.9 Å². The van der Waals surface area contributed by atoms with E-state index in [1.165, 1.54) is 225 Å². The second kappa shape index (κ2) is 50.0. The van der Waals surface area contributed by atoms with Crippen LogP contribution in [0.2, 0.25) is 0 Å². The van der Waals surface area contributed by atoms with Crippen molar-refractivity contribution in [2.45, 2.75) is 297 Å². The maximum atomic E-state index is 12.7. The summed E-state index contributed by atoms with van der Waals surface area (Å²) < 4.78 is 17.4. The van der Waals surface area contributed by atoms with Gasteiger partial charge in [-0.3, -0.25) is 9.59 Å². The van der Waals surface area contributed by atoms with Gasteiger partial charge in [0, 0.05) is 19.4 Å². The Hall–Kier alpha value is -1.36. The highest BCUT2D eigenvalue weighted by Gasteiger charge is 2.17. The van der Waals surface area contributed by atoms with Crippen LogP contribution in [-0.2, 0) is 23.8 Å². The topological polar surface area (TPSA) is 61.8 Å². The molecule has 0 fully saturated rings. The predicted octanol–water partition coefficient (Wildman–Crippen LogP) is 17.5. The number of hydrogen-bond acceptors (Lipinski definition) is 5. The van der Waals surface area contributed by atoms with Crippen LogP contribution < -0.4 is 0 Å². The number of unbranched alkanes of at least 4 members (excludes halogenated alkanes) is 36. The number of esters is 2. The van der Waals surface area contributed by atoms with Crippen molar-refractivity contribution in [2.75, 3.05) is 19.8 Å². The molecule has 0 aliphatic carbocycles. The lowest BCUT2D eigenvalue weighted by atomic mass is 10.0. The van der Waals surface area contributed by atoms with Crippen molar-refractivity contribution >= 4 is 11.9 Å². The van der Waals surface area contributed by atoms with Crippen LogP contribution in [0.15, 0.2) is 12.2 Å². The average molecular weight is 819 g/mol. The Bertz CT molecular complexity index is 840. The third-order valence-corrected chi connectivity index (χ3v) is 11.8. The van der Waals surface area contributed by atoms with Gasteiger partial charge in [0.2, 0.25) is 0 Å². The Morgan fingerprint density at radius 3 is 1.05 bits per heavy atom. The van der Waals surface area contributed by atoms with E-state index < -0.39 is 6.10 Å². The van der Waals surface area contributed by atoms with Crippen LogP contribution >= 0.6 is 0 Å². The highest BCUT2D eigenvalue weighted by Crippen LogP contribution is 2.16. The summed E-state index contributed by atoms with van der Waals surface area (Å²) >= 11 is 0. The summed E-state index contributed by atoms with van der Waals surface area (Å²) in [5.41, 5.74) is 0. The van der Waals surface area contributed by atoms with Crippen molar-refractivity contribution in [3.8, 4) is 0 Å². The summed E-state index contributed by atoms with van der Waals surface area (Å²) in [7, 11) is 0. The Balaban J connectivity index is 4.11. The van der Waals surface area contributed by atoms with Gasteiger partial charge in [-0.2, -0.15) is 0 Å². The monoisotopic (exact) mass is 819 g/mol. The molecule has 5 nitrogen and oxygen atoms in total. The van der Waals surface area contributed by atoms with Gasteiger partial charge < -0.3 is 14.2 Å². The third-order valence-electron chi connectivity index (χ3n) is 11.8. The van der Waals surface area contributed by atoms with Gasteiger partial charge >= 0.3 is 11.9 Å². The van der Waals surface area contributed by atoms with Crippen molar-refractivity contribution in [2.24, 2.45) is 0 Å². The minimum absolute atomic E-state index is 0.0932. The SMILES string of the molecule is CCCCCCCC/C=C\CCCCCCCCCCCC(=O)OCC(COCCCCCCCCCCCCCCCC)OC(=O)CCCCCCCCCCC. The molecule has 0 aromatic rings. The van der Waals surface area contributed by atoms with Crippen LogP contribution in [0.3, 0.4) is 0 Å². The zero-order valence-electron chi connectivity index (χ0n) is 39.6. The number of carbonyl (C=O) groups is 2. The molecule has 0 aromatic carbocycles. The molecule has 0 rings (SSSR count). The summed E-state index contributed by atoms with van der Waals surface area (Å²) in [5.74, 6) is -0.382. The number of rotatable bonds is 49. The second-order valence-corrected chi connectivity index (χ2v) is 17.8. The van der Waals surface area contributed by atoms with Crippen molar-refractivity contribution in [3.05, 3.63) is 12.2 Å². The van der Waals surface area contributed by atoms with Crippen LogP contribution in [0.5, 0.6) is 0 Å². The third kappa shape index (κ3) is 47.3. The van der Waals surface area contributed by atoms with Gasteiger partial charge in [0.25, 0.3) is 0 Å². The molecule has 5 heteroatoms. The van der Waals surface area contributed by atoms with Gasteiger partial charge in [-0.25, -0.2) is 0 Å². The van der Waals surface area contributed by atoms with Gasteiger partial charge in [0.1, 0.15) is 6.61 Å². The fraction of sp³-hybridized carbons (Fsp3) is 0.925. The van der Waals surface area contributed by atoms with Crippen LogP contribution in [-0.4, -0.2) is 37.9 Å². The zero-order valence-corrected chi connectivity index (χ0v) is 39.6. The number of allylic oxidation sites excluding steroid dienone is 2. The first-order chi connectivity index (χ1) is 28.6. The lowest BCUT2D eigenvalue weighted by Crippen LogP contribution is -2.30. The minimum atomic E-state index is -0.525. The molecule has 0 heterocycles. The van der Waals surface area contributed by atoms with Gasteiger partial charge in [0.05, 0.1) is 6.61 Å². The molecular formula is C53H102O5. The Kier molecular flexibility index (Phi) is 48.8. The smallest absolute Gasteiger partial charge is 0.306 e. The van der Waals surface area contributed by atoms with E-state index in [-0.39, 0.29) is 18.5 Å². The van der Waals surface area contributed by atoms with E-state index in [9.17, 15) is 9.59 Å². The minimum Gasteiger partial charge on any atom is -0.462 e. The number of ether oxygens (including phenoxy) is 3. The molecule has 0 N–H and O–H groups in total. The van der Waals surface area contributed by atoms with E-state index in [1.807, 2.05) is 0 Å². The molecule has 1 unspecified atom stereocenters. The van der Waals surface area contributed by atoms with E-state index in [1.54, 1.807) is 0 Å². The quantitative estimate of drug-likeness (QED) is 0.0348. The lowest BCUT2D eigenvalue weighted by molar-refractivity contribution is -0.163. The van der Waals surface area contributed by atoms with Crippen molar-refractivity contribution in [3.63, 3.8) is 0 Å². The molecule has 344 valence electrons. The van der Waals surface area contributed by atoms with Gasteiger partial charge in [-0.15, -0.1) is 0 Å². The van der Waals surface area contributed by atoms with Crippen LogP contribution in [0.1, 0.15) is 290 Å². The molecule has 0 radical (unpaired) electrons. The zero-order chi connectivity index (χ0) is 42.1. The summed E-state index contributed by atoms with van der Waals surface area (Å²) in [6.07, 6.45) is 56.5. The molecule has 58 heavy (non-hydrogen) atoms. The first kappa shape index (κ1) is 56.6. The second-order valence-electron chi connectivity index (χ2n) is 17.8. The number of carbonyl (C=O) groups excluding carboxylic acids is 2. The van der Waals surface area contributed by atoms with E-state index in [4.69, 9.17) is 14.2 Å². The van der Waals surface area contributed by atoms with Crippen molar-refractivity contribution in [1.82, 2.24) is 0 Å². The molecule has 0 aliphatic heterocycles. The molecule has 0 bridgehead atoms. The van der Waals surface area contributed by atoms with Gasteiger partial charge in [-0.1, -0.05) is 245 Å². The van der Waals surface area contributed by atoms with Crippen LogP contribution in [0.25, 0.3) is 0 Å². The van der Waals surface area contributed by atoms with Gasteiger partial charge in [0.15, 0.2) is 6.10 Å². The summed E-state index contributed by atoms with van der Waals surface area (Å²) in [5, 5.41) is 0. The van der Waals surface area contributed by atoms with E-state index >= 15 is 0 Å². The average Bonchev–Trinajstić information content (AvgIpc) is 3.22. The summed E-state index contributed by atoms with van der Waals surface area (Å²) in [6, 6.07) is 0. The molecule has 0 spiro atoms. The van der Waals surface area contributed by atoms with Crippen molar-refractivity contribution in [1.29, 1.82) is 0 Å². The van der Waals surface area contributed by atoms with E-state index in [0.29, 0.717) is 26.1 Å². The number of hydrogen-bond donors (Lipinski definition) is 0. The highest BCUT2D eigenvalue weighted by molar-refractivity contribution is 5.70. The highest BCUT2D eigenvalue weighted by atomic mass is 16.6. The lowest BCUT2D eigenvalue weighted by Gasteiger charge is -2.18. The fourth-order valence-electron chi connectivity index (χ4n) is 7.86. The maximum Gasteiger partial charge on any atom is 0.306 e. The summed E-state index contributed by atoms with van der Waals surface area (Å²) in [4.78, 5) is 25.3. The predicted molar refractivity (Wildman–Crippen MR) is 252 cm³/mol. The molecular weight excluding hydrogens is 717 g/mol. The molecule has 1 atom stereocenters. The molecule has 0 saturated carbocycles. The van der Waals surface area contributed by atoms with Crippen molar-refractivity contribution < 1.29 is 23.8 Å². The first-order valence-corrected chi connectivity index (χ1v) is 26.2. The van der Waals surface area contributed by atoms with Gasteiger partial charge in [-0.05, 0) is 44.9 Å². The Labute approximate surface area is 363 Å². The molecule has 0 aromatic heterocycles. The standard InChI is InChI=1S/C53H102O5/c1-4-7-10-13-16-19-21-23-25-26-27-28-29-30-32-35-37-40-43-46-52(54)57-50-51(58-53(55)47-44-41-38-34-18-15-12-9-6-3)49-56-48-45-42-39-36-33-31-24-22-20-17-14-11-8-5-2/h23,25,51H,4-22,24,26-50H2,1-3H3/b25-23-. The van der Waals surface area contributed by atoms with Crippen LogP contribution in [0.4, 0.5) is 0 Å². The Morgan fingerprint density at radius 1 is 0.362 bits per heavy atom. The molecule has 0 aliphatic rings. The fourth-order valence-corrected chi connectivity index (χ4v) is 7.86. The first-order valence-electron chi connectivity index (χ1n) is 26.2. The molecule has 0 amide bonds. The summed E-state index contributed by atoms with van der Waals surface area (Å²) in [6.45, 7) is 7.87. The molecule has 0 saturated heterocycles.